The number of hydrogen-bond acceptors (Lipinski definition) is 3. The fourth-order valence-electron chi connectivity index (χ4n) is 2.79. The van der Waals surface area contributed by atoms with Gasteiger partial charge in [-0.2, -0.15) is 0 Å². The van der Waals surface area contributed by atoms with E-state index in [0.29, 0.717) is 11.6 Å². The molecule has 3 aromatic rings. The lowest BCUT2D eigenvalue weighted by molar-refractivity contribution is 0.416. The van der Waals surface area contributed by atoms with E-state index in [0.717, 1.165) is 33.7 Å². The molecule has 0 atom stereocenters. The summed E-state index contributed by atoms with van der Waals surface area (Å²) in [4.78, 5) is 0. The van der Waals surface area contributed by atoms with Gasteiger partial charge in [0.1, 0.15) is 11.5 Å². The van der Waals surface area contributed by atoms with Crippen LogP contribution in [-0.4, -0.2) is 12.2 Å². The van der Waals surface area contributed by atoms with Crippen molar-refractivity contribution in [3.05, 3.63) is 76.8 Å². The van der Waals surface area contributed by atoms with Gasteiger partial charge in [0.15, 0.2) is 0 Å². The Morgan fingerprint density at radius 3 is 2.48 bits per heavy atom. The molecule has 2 N–H and O–H groups in total. The molecule has 0 aliphatic heterocycles. The van der Waals surface area contributed by atoms with Gasteiger partial charge in [-0.25, -0.2) is 0 Å². The predicted molar refractivity (Wildman–Crippen MR) is 104 cm³/mol. The lowest BCUT2D eigenvalue weighted by Gasteiger charge is -2.15. The smallest absolute Gasteiger partial charge is 0.141 e. The number of ether oxygens (including phenoxy) is 1. The first-order valence-electron chi connectivity index (χ1n) is 8.04. The average molecular weight is 354 g/mol. The molecule has 0 fully saturated rings. The van der Waals surface area contributed by atoms with Crippen LogP contribution in [0.25, 0.3) is 11.1 Å². The number of hydrogen-bond donors (Lipinski definition) is 2. The highest BCUT2D eigenvalue weighted by Crippen LogP contribution is 2.33. The average Bonchev–Trinajstić information content (AvgIpc) is 2.64. The molecular formula is C21H20ClNO2. The van der Waals surface area contributed by atoms with Crippen LogP contribution in [0.3, 0.4) is 0 Å². The highest BCUT2D eigenvalue weighted by molar-refractivity contribution is 6.32. The summed E-state index contributed by atoms with van der Waals surface area (Å²) in [6.07, 6.45) is 0. The van der Waals surface area contributed by atoms with Crippen molar-refractivity contribution in [1.82, 2.24) is 0 Å². The van der Waals surface area contributed by atoms with Crippen LogP contribution in [0.4, 0.5) is 5.69 Å². The van der Waals surface area contributed by atoms with Gasteiger partial charge in [0.05, 0.1) is 17.8 Å². The van der Waals surface area contributed by atoms with Gasteiger partial charge < -0.3 is 15.2 Å². The lowest BCUT2D eigenvalue weighted by Crippen LogP contribution is -2.02. The molecule has 128 valence electrons. The normalized spacial score (nSPS) is 10.5. The van der Waals surface area contributed by atoms with E-state index in [9.17, 15) is 5.11 Å². The van der Waals surface area contributed by atoms with Gasteiger partial charge >= 0.3 is 0 Å². The monoisotopic (exact) mass is 353 g/mol. The van der Waals surface area contributed by atoms with E-state index < -0.39 is 0 Å². The molecule has 0 spiro atoms. The second-order valence-corrected chi connectivity index (χ2v) is 6.30. The van der Waals surface area contributed by atoms with Crippen LogP contribution in [0, 0.1) is 6.92 Å². The summed E-state index contributed by atoms with van der Waals surface area (Å²) in [6, 6.07) is 19.8. The minimum Gasteiger partial charge on any atom is -0.506 e. The molecule has 0 aliphatic rings. The number of methoxy groups -OCH3 is 1. The van der Waals surface area contributed by atoms with Crippen LogP contribution in [-0.2, 0) is 6.54 Å². The molecule has 3 nitrogen and oxygen atoms in total. The molecule has 3 aromatic carbocycles. The maximum Gasteiger partial charge on any atom is 0.141 e. The molecule has 3 rings (SSSR count). The summed E-state index contributed by atoms with van der Waals surface area (Å²) in [5, 5.41) is 13.9. The van der Waals surface area contributed by atoms with Crippen LogP contribution in [0.2, 0.25) is 5.02 Å². The van der Waals surface area contributed by atoms with Gasteiger partial charge in [0.25, 0.3) is 0 Å². The zero-order valence-electron chi connectivity index (χ0n) is 14.2. The number of anilines is 1. The third kappa shape index (κ3) is 3.89. The molecule has 4 heteroatoms. The zero-order chi connectivity index (χ0) is 17.8. The highest BCUT2D eigenvalue weighted by Gasteiger charge is 2.10. The van der Waals surface area contributed by atoms with E-state index in [1.807, 2.05) is 49.4 Å². The van der Waals surface area contributed by atoms with Crippen LogP contribution in [0.1, 0.15) is 11.1 Å². The topological polar surface area (TPSA) is 41.5 Å². The van der Waals surface area contributed by atoms with Crippen molar-refractivity contribution in [3.8, 4) is 22.6 Å². The predicted octanol–water partition coefficient (Wildman–Crippen LogP) is 5.64. The van der Waals surface area contributed by atoms with E-state index in [-0.39, 0.29) is 5.75 Å². The van der Waals surface area contributed by atoms with Crippen LogP contribution in [0.15, 0.2) is 60.7 Å². The summed E-state index contributed by atoms with van der Waals surface area (Å²) in [5.41, 5.74) is 4.84. The number of phenolic OH excluding ortho intramolecular Hbond substituents is 1. The van der Waals surface area contributed by atoms with Crippen molar-refractivity contribution in [2.24, 2.45) is 0 Å². The number of rotatable bonds is 5. The summed E-state index contributed by atoms with van der Waals surface area (Å²) in [5.74, 6) is 0.857. The van der Waals surface area contributed by atoms with Crippen LogP contribution < -0.4 is 10.1 Å². The van der Waals surface area contributed by atoms with Gasteiger partial charge in [-0.1, -0.05) is 54.1 Å². The Morgan fingerprint density at radius 1 is 1.00 bits per heavy atom. The second kappa shape index (κ2) is 7.49. The van der Waals surface area contributed by atoms with E-state index in [2.05, 4.69) is 17.4 Å². The molecule has 0 radical (unpaired) electrons. The lowest BCUT2D eigenvalue weighted by atomic mass is 10.0. The molecule has 0 heterocycles. The Labute approximate surface area is 152 Å². The van der Waals surface area contributed by atoms with Gasteiger partial charge in [-0.05, 0) is 41.8 Å². The van der Waals surface area contributed by atoms with Crippen molar-refractivity contribution in [1.29, 1.82) is 0 Å². The maximum atomic E-state index is 10.2. The van der Waals surface area contributed by atoms with Crippen molar-refractivity contribution in [2.75, 3.05) is 12.4 Å². The van der Waals surface area contributed by atoms with Crippen LogP contribution >= 0.6 is 11.6 Å². The Hall–Kier alpha value is -2.65. The minimum atomic E-state index is 0.109. The summed E-state index contributed by atoms with van der Waals surface area (Å²) >= 11 is 6.06. The molecule has 0 aromatic heterocycles. The molecule has 25 heavy (non-hydrogen) atoms. The number of nitrogens with one attached hydrogen (secondary N) is 1. The maximum absolute atomic E-state index is 10.2. The van der Waals surface area contributed by atoms with Gasteiger partial charge in [-0.3, -0.25) is 0 Å². The minimum absolute atomic E-state index is 0.109. The molecular weight excluding hydrogens is 334 g/mol. The van der Waals surface area contributed by atoms with Gasteiger partial charge in [-0.15, -0.1) is 0 Å². The Kier molecular flexibility index (Phi) is 5.15. The Bertz CT molecular complexity index is 879. The summed E-state index contributed by atoms with van der Waals surface area (Å²) in [6.45, 7) is 2.40. The van der Waals surface area contributed by atoms with Crippen molar-refractivity contribution < 1.29 is 9.84 Å². The van der Waals surface area contributed by atoms with Gasteiger partial charge in [0.2, 0.25) is 0 Å². The fraction of sp³-hybridized carbons (Fsp3) is 0.143. The molecule has 0 unspecified atom stereocenters. The molecule has 0 amide bonds. The van der Waals surface area contributed by atoms with E-state index >= 15 is 0 Å². The first-order valence-corrected chi connectivity index (χ1v) is 8.41. The molecule has 0 saturated carbocycles. The van der Waals surface area contributed by atoms with E-state index in [4.69, 9.17) is 16.3 Å². The number of aromatic hydroxyl groups is 1. The number of phenols is 1. The van der Waals surface area contributed by atoms with E-state index in [1.165, 1.54) is 0 Å². The highest BCUT2D eigenvalue weighted by atomic mass is 35.5. The first kappa shape index (κ1) is 17.2. The van der Waals surface area contributed by atoms with Crippen LogP contribution in [0.5, 0.6) is 11.5 Å². The van der Waals surface area contributed by atoms with Crippen molar-refractivity contribution in [2.45, 2.75) is 13.5 Å². The Balaban J connectivity index is 1.89. The first-order chi connectivity index (χ1) is 12.1. The fourth-order valence-corrected chi connectivity index (χ4v) is 3.08. The van der Waals surface area contributed by atoms with Crippen molar-refractivity contribution >= 4 is 17.3 Å². The third-order valence-electron chi connectivity index (χ3n) is 4.06. The van der Waals surface area contributed by atoms with Crippen molar-refractivity contribution in [3.63, 3.8) is 0 Å². The number of halogens is 1. The number of benzene rings is 3. The summed E-state index contributed by atoms with van der Waals surface area (Å²) in [7, 11) is 1.64. The molecule has 0 bridgehead atoms. The standard InChI is InChI=1S/C21H20ClNO2/c1-14-10-17(21(24)18(22)11-14)13-23-19-12-16(8-9-20(19)25-2)15-6-4-3-5-7-15/h3-12,23-24H,13H2,1-2H3. The second-order valence-electron chi connectivity index (χ2n) is 5.89. The molecule has 0 saturated heterocycles. The van der Waals surface area contributed by atoms with E-state index in [1.54, 1.807) is 13.2 Å². The third-order valence-corrected chi connectivity index (χ3v) is 4.35. The number of aryl methyl sites for hydroxylation is 1. The SMILES string of the molecule is COc1ccc(-c2ccccc2)cc1NCc1cc(C)cc(Cl)c1O. The Morgan fingerprint density at radius 2 is 1.76 bits per heavy atom. The summed E-state index contributed by atoms with van der Waals surface area (Å²) < 4.78 is 5.45. The van der Waals surface area contributed by atoms with Gasteiger partial charge in [0, 0.05) is 12.1 Å². The quantitative estimate of drug-likeness (QED) is 0.623. The molecule has 0 aliphatic carbocycles. The largest absolute Gasteiger partial charge is 0.506 e. The zero-order valence-corrected chi connectivity index (χ0v) is 15.0.